The Hall–Kier alpha value is -1.93. The summed E-state index contributed by atoms with van der Waals surface area (Å²) in [5, 5.41) is 2.89. The normalized spacial score (nSPS) is 10.1. The molecule has 2 radical (unpaired) electrons. The number of nitrogens with one attached hydrogen (secondary N) is 1. The zero-order valence-corrected chi connectivity index (χ0v) is 14.5. The first kappa shape index (κ1) is 16.4. The molecule has 0 aliphatic carbocycles. The van der Waals surface area contributed by atoms with Gasteiger partial charge in [0.15, 0.2) is 0 Å². The summed E-state index contributed by atoms with van der Waals surface area (Å²) in [6, 6.07) is 12.7. The standard InChI is InChI=1S/C17H18AsNO3/c1-3-21-15-11-14(16(22-4-2)10-13(15)18)19-17(20)12-8-6-5-7-9-12/h5-11H,3-4H2,1-2H3,(H,19,20). The third-order valence-corrected chi connectivity index (χ3v) is 3.68. The fraction of sp³-hybridized carbons (Fsp3) is 0.235. The van der Waals surface area contributed by atoms with E-state index in [2.05, 4.69) is 22.2 Å². The van der Waals surface area contributed by atoms with Gasteiger partial charge in [0.05, 0.1) is 0 Å². The van der Waals surface area contributed by atoms with Crippen LogP contribution in [0.15, 0.2) is 42.5 Å². The number of amides is 1. The molecule has 0 aliphatic rings. The van der Waals surface area contributed by atoms with Crippen LogP contribution in [0.25, 0.3) is 0 Å². The van der Waals surface area contributed by atoms with Crippen LogP contribution in [-0.4, -0.2) is 36.0 Å². The van der Waals surface area contributed by atoms with Crippen LogP contribution in [0.5, 0.6) is 11.5 Å². The number of carbonyl (C=O) groups excluding carboxylic acids is 1. The molecular weight excluding hydrogens is 341 g/mol. The van der Waals surface area contributed by atoms with Gasteiger partial charge in [0, 0.05) is 0 Å². The molecule has 4 nitrogen and oxygen atoms in total. The van der Waals surface area contributed by atoms with E-state index in [1.54, 1.807) is 18.2 Å². The van der Waals surface area contributed by atoms with Gasteiger partial charge < -0.3 is 0 Å². The Balaban J connectivity index is 2.31. The van der Waals surface area contributed by atoms with Crippen LogP contribution in [0.2, 0.25) is 0 Å². The molecule has 0 bridgehead atoms. The molecule has 0 fully saturated rings. The number of anilines is 1. The second-order valence-corrected chi connectivity index (χ2v) is 5.51. The minimum absolute atomic E-state index is 0.178. The Morgan fingerprint density at radius 3 is 2.32 bits per heavy atom. The maximum absolute atomic E-state index is 12.3. The van der Waals surface area contributed by atoms with Crippen LogP contribution in [0.3, 0.4) is 0 Å². The monoisotopic (exact) mass is 359 g/mol. The number of ether oxygens (including phenoxy) is 2. The van der Waals surface area contributed by atoms with E-state index in [0.29, 0.717) is 36.0 Å². The number of hydrogen-bond acceptors (Lipinski definition) is 3. The number of hydrogen-bond donors (Lipinski definition) is 1. The van der Waals surface area contributed by atoms with Crippen molar-refractivity contribution in [1.29, 1.82) is 0 Å². The summed E-state index contributed by atoms with van der Waals surface area (Å²) < 4.78 is 12.1. The van der Waals surface area contributed by atoms with E-state index in [9.17, 15) is 4.79 Å². The van der Waals surface area contributed by atoms with Crippen molar-refractivity contribution in [2.24, 2.45) is 0 Å². The second-order valence-electron chi connectivity index (χ2n) is 4.50. The van der Waals surface area contributed by atoms with Crippen molar-refractivity contribution >= 4 is 32.8 Å². The van der Waals surface area contributed by atoms with Gasteiger partial charge in [0.2, 0.25) is 0 Å². The van der Waals surface area contributed by atoms with Gasteiger partial charge in [-0.3, -0.25) is 0 Å². The summed E-state index contributed by atoms with van der Waals surface area (Å²) in [6.07, 6.45) is 0. The summed E-state index contributed by atoms with van der Waals surface area (Å²) in [4.78, 5) is 12.3. The molecular formula is C17H18AsNO3. The third kappa shape index (κ3) is 4.05. The van der Waals surface area contributed by atoms with Gasteiger partial charge in [-0.1, -0.05) is 0 Å². The molecule has 114 valence electrons. The maximum atomic E-state index is 12.3. The van der Waals surface area contributed by atoms with E-state index < -0.39 is 0 Å². The first-order chi connectivity index (χ1) is 10.7. The van der Waals surface area contributed by atoms with Gasteiger partial charge in [-0.2, -0.15) is 0 Å². The van der Waals surface area contributed by atoms with E-state index in [0.717, 1.165) is 4.35 Å². The first-order valence-electron chi connectivity index (χ1n) is 7.14. The van der Waals surface area contributed by atoms with Gasteiger partial charge in [0.25, 0.3) is 0 Å². The van der Waals surface area contributed by atoms with Gasteiger partial charge in [-0.25, -0.2) is 0 Å². The Morgan fingerprint density at radius 2 is 1.68 bits per heavy atom. The molecule has 2 aromatic carbocycles. The first-order valence-corrected chi connectivity index (χ1v) is 8.08. The average molecular weight is 359 g/mol. The number of rotatable bonds is 6. The molecule has 0 heterocycles. The fourth-order valence-corrected chi connectivity index (χ4v) is 2.49. The van der Waals surface area contributed by atoms with Gasteiger partial charge >= 0.3 is 139 Å². The Kier molecular flexibility index (Phi) is 5.90. The van der Waals surface area contributed by atoms with Crippen molar-refractivity contribution in [1.82, 2.24) is 0 Å². The van der Waals surface area contributed by atoms with E-state index >= 15 is 0 Å². The molecule has 1 N–H and O–H groups in total. The SMILES string of the molecule is CCOc1cc(NC(=O)c2ccccc2)c(OCC)cc1[As]. The molecule has 2 aromatic rings. The Bertz CT molecular complexity index is 644. The molecule has 0 atom stereocenters. The molecule has 5 heteroatoms. The van der Waals surface area contributed by atoms with Gasteiger partial charge in [0.1, 0.15) is 0 Å². The topological polar surface area (TPSA) is 47.6 Å². The van der Waals surface area contributed by atoms with E-state index in [-0.39, 0.29) is 5.91 Å². The van der Waals surface area contributed by atoms with Crippen LogP contribution in [0, 0.1) is 0 Å². The molecule has 1 amide bonds. The van der Waals surface area contributed by atoms with Crippen LogP contribution in [0.4, 0.5) is 5.69 Å². The van der Waals surface area contributed by atoms with Crippen LogP contribution in [-0.2, 0) is 0 Å². The van der Waals surface area contributed by atoms with Crippen molar-refractivity contribution in [3.8, 4) is 11.5 Å². The molecule has 0 saturated heterocycles. The summed E-state index contributed by atoms with van der Waals surface area (Å²) in [5.74, 6) is 1.17. The van der Waals surface area contributed by atoms with Crippen LogP contribution >= 0.6 is 0 Å². The van der Waals surface area contributed by atoms with E-state index in [1.165, 1.54) is 0 Å². The molecule has 0 aliphatic heterocycles. The van der Waals surface area contributed by atoms with E-state index in [1.807, 2.05) is 38.1 Å². The van der Waals surface area contributed by atoms with Crippen LogP contribution < -0.4 is 19.1 Å². The molecule has 0 saturated carbocycles. The second kappa shape index (κ2) is 7.90. The summed E-state index contributed by atoms with van der Waals surface area (Å²) in [5.41, 5.74) is 1.20. The number of benzene rings is 2. The Labute approximate surface area is 139 Å². The predicted molar refractivity (Wildman–Crippen MR) is 88.6 cm³/mol. The van der Waals surface area contributed by atoms with Crippen molar-refractivity contribution in [2.45, 2.75) is 13.8 Å². The Morgan fingerprint density at radius 1 is 1.05 bits per heavy atom. The summed E-state index contributed by atoms with van der Waals surface area (Å²) in [7, 11) is 0. The average Bonchev–Trinajstić information content (AvgIpc) is 2.53. The predicted octanol–water partition coefficient (Wildman–Crippen LogP) is 2.53. The van der Waals surface area contributed by atoms with Crippen molar-refractivity contribution < 1.29 is 14.3 Å². The van der Waals surface area contributed by atoms with Crippen molar-refractivity contribution in [2.75, 3.05) is 18.5 Å². The molecule has 0 unspecified atom stereocenters. The third-order valence-electron chi connectivity index (χ3n) is 2.95. The van der Waals surface area contributed by atoms with Gasteiger partial charge in [-0.15, -0.1) is 0 Å². The van der Waals surface area contributed by atoms with Crippen LogP contribution in [0.1, 0.15) is 24.2 Å². The zero-order chi connectivity index (χ0) is 15.9. The summed E-state index contributed by atoms with van der Waals surface area (Å²) in [6.45, 7) is 4.91. The van der Waals surface area contributed by atoms with Crippen molar-refractivity contribution in [3.63, 3.8) is 0 Å². The van der Waals surface area contributed by atoms with E-state index in [4.69, 9.17) is 9.47 Å². The van der Waals surface area contributed by atoms with Crippen molar-refractivity contribution in [3.05, 3.63) is 48.0 Å². The molecule has 0 aromatic heterocycles. The summed E-state index contributed by atoms with van der Waals surface area (Å²) >= 11 is 2.45. The molecule has 2 rings (SSSR count). The van der Waals surface area contributed by atoms with Gasteiger partial charge in [-0.05, 0) is 0 Å². The molecule has 22 heavy (non-hydrogen) atoms. The quantitative estimate of drug-likeness (QED) is 0.807. The molecule has 0 spiro atoms. The minimum atomic E-state index is -0.178. The fourth-order valence-electron chi connectivity index (χ4n) is 1.98. The zero-order valence-electron chi connectivity index (χ0n) is 12.6. The number of carbonyl (C=O) groups is 1.